The van der Waals surface area contributed by atoms with Gasteiger partial charge >= 0.3 is 0 Å². The van der Waals surface area contributed by atoms with Gasteiger partial charge in [-0.3, -0.25) is 4.79 Å². The van der Waals surface area contributed by atoms with E-state index in [0.29, 0.717) is 17.1 Å². The van der Waals surface area contributed by atoms with E-state index >= 15 is 0 Å². The van der Waals surface area contributed by atoms with E-state index in [1.165, 1.54) is 5.57 Å². The van der Waals surface area contributed by atoms with Gasteiger partial charge in [0.05, 0.1) is 0 Å². The number of Topliss-reactive ketones (excluding diaryl/α,β-unsaturated/α-hetero) is 1. The Balaban J connectivity index is 2.40. The van der Waals surface area contributed by atoms with E-state index < -0.39 is 0 Å². The van der Waals surface area contributed by atoms with Gasteiger partial charge in [0.15, 0.2) is 0 Å². The first-order chi connectivity index (χ1) is 5.50. The largest absolute Gasteiger partial charge is 0.299 e. The predicted octanol–water partition coefficient (Wildman–Crippen LogP) is 2.57. The van der Waals surface area contributed by atoms with E-state index in [9.17, 15) is 4.79 Å². The quantitative estimate of drug-likeness (QED) is 0.503. The molecule has 1 saturated carbocycles. The minimum absolute atomic E-state index is 0.241. The summed E-state index contributed by atoms with van der Waals surface area (Å²) in [6.07, 6.45) is 4.04. The van der Waals surface area contributed by atoms with Gasteiger partial charge in [0, 0.05) is 12.3 Å². The van der Waals surface area contributed by atoms with Crippen molar-refractivity contribution < 1.29 is 4.79 Å². The third-order valence-corrected chi connectivity index (χ3v) is 3.52. The van der Waals surface area contributed by atoms with Crippen molar-refractivity contribution in [2.45, 2.75) is 33.6 Å². The molecular formula is C11H16O. The van der Waals surface area contributed by atoms with Crippen molar-refractivity contribution in [2.75, 3.05) is 0 Å². The summed E-state index contributed by atoms with van der Waals surface area (Å²) in [6.45, 7) is 6.74. The average Bonchev–Trinajstić information content (AvgIpc) is 1.92. The van der Waals surface area contributed by atoms with E-state index in [4.69, 9.17) is 0 Å². The monoisotopic (exact) mass is 164 g/mol. The van der Waals surface area contributed by atoms with Crippen LogP contribution >= 0.6 is 0 Å². The van der Waals surface area contributed by atoms with Crippen molar-refractivity contribution in [3.05, 3.63) is 11.6 Å². The fraction of sp³-hybridized carbons (Fsp3) is 0.727. The van der Waals surface area contributed by atoms with Crippen LogP contribution in [0.15, 0.2) is 11.6 Å². The SMILES string of the molecule is CC1=C[C@@H]2CC(C)(C)[C@H]1CC2=O. The van der Waals surface area contributed by atoms with E-state index in [1.54, 1.807) is 0 Å². The topological polar surface area (TPSA) is 17.1 Å². The number of hydrogen-bond donors (Lipinski definition) is 0. The van der Waals surface area contributed by atoms with Gasteiger partial charge in [0.25, 0.3) is 0 Å². The van der Waals surface area contributed by atoms with Gasteiger partial charge in [-0.05, 0) is 24.7 Å². The van der Waals surface area contributed by atoms with Crippen LogP contribution in [-0.2, 0) is 4.79 Å². The zero-order valence-corrected chi connectivity index (χ0v) is 8.05. The molecule has 0 aromatic heterocycles. The van der Waals surface area contributed by atoms with Crippen LogP contribution in [0.2, 0.25) is 0 Å². The van der Waals surface area contributed by atoms with Crippen molar-refractivity contribution in [3.8, 4) is 0 Å². The summed E-state index contributed by atoms with van der Waals surface area (Å²) in [4.78, 5) is 11.4. The van der Waals surface area contributed by atoms with Crippen LogP contribution in [0.25, 0.3) is 0 Å². The molecule has 2 atom stereocenters. The van der Waals surface area contributed by atoms with Crippen molar-refractivity contribution in [3.63, 3.8) is 0 Å². The minimum atomic E-state index is 0.241. The van der Waals surface area contributed by atoms with Gasteiger partial charge in [-0.15, -0.1) is 0 Å². The maximum atomic E-state index is 11.4. The number of hydrogen-bond acceptors (Lipinski definition) is 1. The number of carbonyl (C=O) groups excluding carboxylic acids is 1. The third-order valence-electron chi connectivity index (χ3n) is 3.52. The molecule has 0 unspecified atom stereocenters. The first-order valence-electron chi connectivity index (χ1n) is 4.72. The van der Waals surface area contributed by atoms with Crippen LogP contribution in [0.4, 0.5) is 0 Å². The Morgan fingerprint density at radius 2 is 2.17 bits per heavy atom. The van der Waals surface area contributed by atoms with Gasteiger partial charge in [0.1, 0.15) is 5.78 Å². The Kier molecular flexibility index (Phi) is 1.48. The van der Waals surface area contributed by atoms with E-state index in [0.717, 1.165) is 12.8 Å². The molecule has 0 N–H and O–H groups in total. The number of fused-ring (bicyclic) bond motifs is 2. The molecule has 0 amide bonds. The highest BCUT2D eigenvalue weighted by molar-refractivity contribution is 5.85. The molecule has 0 radical (unpaired) electrons. The highest BCUT2D eigenvalue weighted by Crippen LogP contribution is 2.49. The molecule has 0 saturated heterocycles. The van der Waals surface area contributed by atoms with Gasteiger partial charge in [-0.2, -0.15) is 0 Å². The molecule has 0 aliphatic heterocycles. The maximum absolute atomic E-state index is 11.4. The summed E-state index contributed by atoms with van der Waals surface area (Å²) in [5.74, 6) is 1.23. The Morgan fingerprint density at radius 1 is 1.50 bits per heavy atom. The Bertz CT molecular complexity index is 260. The first-order valence-corrected chi connectivity index (χ1v) is 4.72. The zero-order chi connectivity index (χ0) is 8.93. The number of rotatable bonds is 0. The summed E-state index contributed by atoms with van der Waals surface area (Å²) < 4.78 is 0. The van der Waals surface area contributed by atoms with Crippen molar-refractivity contribution in [1.29, 1.82) is 0 Å². The molecule has 1 heteroatoms. The van der Waals surface area contributed by atoms with Crippen LogP contribution in [0, 0.1) is 17.3 Å². The fourth-order valence-electron chi connectivity index (χ4n) is 2.81. The Labute approximate surface area is 73.8 Å². The van der Waals surface area contributed by atoms with Gasteiger partial charge in [-0.25, -0.2) is 0 Å². The smallest absolute Gasteiger partial charge is 0.140 e. The van der Waals surface area contributed by atoms with Crippen LogP contribution in [0.5, 0.6) is 0 Å². The van der Waals surface area contributed by atoms with Gasteiger partial charge < -0.3 is 0 Å². The molecular weight excluding hydrogens is 148 g/mol. The summed E-state index contributed by atoms with van der Waals surface area (Å²) in [7, 11) is 0. The highest BCUT2D eigenvalue weighted by atomic mass is 16.1. The molecule has 2 bridgehead atoms. The van der Waals surface area contributed by atoms with Gasteiger partial charge in [0.2, 0.25) is 0 Å². The van der Waals surface area contributed by atoms with Crippen molar-refractivity contribution >= 4 is 5.78 Å². The summed E-state index contributed by atoms with van der Waals surface area (Å²) in [6, 6.07) is 0. The molecule has 3 aliphatic rings. The maximum Gasteiger partial charge on any atom is 0.140 e. The third kappa shape index (κ3) is 0.954. The molecule has 3 aliphatic carbocycles. The lowest BCUT2D eigenvalue weighted by atomic mass is 9.58. The Hall–Kier alpha value is -0.590. The van der Waals surface area contributed by atoms with Crippen molar-refractivity contribution in [1.82, 2.24) is 0 Å². The van der Waals surface area contributed by atoms with Crippen LogP contribution in [-0.4, -0.2) is 5.78 Å². The Morgan fingerprint density at radius 3 is 2.58 bits per heavy atom. The predicted molar refractivity (Wildman–Crippen MR) is 48.8 cm³/mol. The lowest BCUT2D eigenvalue weighted by Gasteiger charge is -2.46. The highest BCUT2D eigenvalue weighted by Gasteiger charge is 2.44. The molecule has 0 spiro atoms. The normalized spacial score (nSPS) is 38.2. The van der Waals surface area contributed by atoms with Gasteiger partial charge in [-0.1, -0.05) is 25.5 Å². The molecule has 66 valence electrons. The standard InChI is InChI=1S/C11H16O/c1-7-4-8-6-11(2,3)9(7)5-10(8)12/h4,8-9H,5-6H2,1-3H3/t8-,9+/m1/s1. The fourth-order valence-corrected chi connectivity index (χ4v) is 2.81. The van der Waals surface area contributed by atoms with Crippen LogP contribution in [0.1, 0.15) is 33.6 Å². The minimum Gasteiger partial charge on any atom is -0.299 e. The molecule has 0 aromatic rings. The molecule has 12 heavy (non-hydrogen) atoms. The van der Waals surface area contributed by atoms with Crippen molar-refractivity contribution in [2.24, 2.45) is 17.3 Å². The molecule has 3 rings (SSSR count). The summed E-state index contributed by atoms with van der Waals surface area (Å²) >= 11 is 0. The average molecular weight is 164 g/mol. The lowest BCUT2D eigenvalue weighted by molar-refractivity contribution is -0.128. The molecule has 0 aromatic carbocycles. The molecule has 1 nitrogen and oxygen atoms in total. The molecule has 1 fully saturated rings. The summed E-state index contributed by atoms with van der Waals surface area (Å²) in [5, 5.41) is 0. The second-order valence-electron chi connectivity index (χ2n) is 4.93. The lowest BCUT2D eigenvalue weighted by Crippen LogP contribution is -2.41. The second kappa shape index (κ2) is 2.21. The van der Waals surface area contributed by atoms with Crippen LogP contribution < -0.4 is 0 Å². The number of carbonyl (C=O) groups is 1. The molecule has 0 heterocycles. The van der Waals surface area contributed by atoms with E-state index in [1.807, 2.05) is 0 Å². The van der Waals surface area contributed by atoms with Crippen LogP contribution in [0.3, 0.4) is 0 Å². The zero-order valence-electron chi connectivity index (χ0n) is 8.05. The first kappa shape index (κ1) is 8.03. The number of ketones is 1. The number of allylic oxidation sites excluding steroid dienone is 2. The van der Waals surface area contributed by atoms with E-state index in [2.05, 4.69) is 26.8 Å². The second-order valence-corrected chi connectivity index (χ2v) is 4.93. The summed E-state index contributed by atoms with van der Waals surface area (Å²) in [5.41, 5.74) is 1.80. The van der Waals surface area contributed by atoms with E-state index in [-0.39, 0.29) is 5.92 Å².